The molecule has 0 fully saturated rings. The predicted octanol–water partition coefficient (Wildman–Crippen LogP) is 8.94. The average Bonchev–Trinajstić information content (AvgIpc) is 3.70. The van der Waals surface area contributed by atoms with Gasteiger partial charge in [-0.3, -0.25) is 0 Å². The van der Waals surface area contributed by atoms with Gasteiger partial charge in [-0.15, -0.1) is 0 Å². The lowest BCUT2D eigenvalue weighted by Gasteiger charge is -2.18. The van der Waals surface area contributed by atoms with Gasteiger partial charge < -0.3 is 23.5 Å². The lowest BCUT2D eigenvalue weighted by Crippen LogP contribution is -2.40. The van der Waals surface area contributed by atoms with E-state index in [1.54, 1.807) is 7.11 Å². The Balaban J connectivity index is 1.09. The minimum Gasteiger partial charge on any atom is -0.493 e. The molecule has 7 heteroatoms. The van der Waals surface area contributed by atoms with Crippen LogP contribution in [0, 0.1) is 0 Å². The van der Waals surface area contributed by atoms with Gasteiger partial charge in [-0.05, 0) is 53.8 Å². The number of pyridine rings is 1. The maximum atomic E-state index is 6.66. The molecule has 7 nitrogen and oxygen atoms in total. The Morgan fingerprint density at radius 3 is 2.43 bits per heavy atom. The zero-order valence-corrected chi connectivity index (χ0v) is 27.4. The van der Waals surface area contributed by atoms with E-state index in [0.717, 1.165) is 71.0 Å². The number of nitrogens with zero attached hydrogens (tertiary/aromatic N) is 3. The van der Waals surface area contributed by atoms with E-state index in [4.69, 9.17) is 23.9 Å². The molecule has 2 aliphatic rings. The molecule has 240 valence electrons. The maximum absolute atomic E-state index is 6.66. The molecule has 2 aromatic heterocycles. The Kier molecular flexibility index (Phi) is 9.27. The van der Waals surface area contributed by atoms with Crippen LogP contribution in [0.5, 0.6) is 23.0 Å². The third kappa shape index (κ3) is 6.24. The fourth-order valence-corrected chi connectivity index (χ4v) is 7.09. The number of unbranched alkanes of at least 4 members (excludes halogenated alkanes) is 9. The van der Waals surface area contributed by atoms with Crippen molar-refractivity contribution in [3.05, 3.63) is 72.2 Å². The first-order valence-corrected chi connectivity index (χ1v) is 17.3. The van der Waals surface area contributed by atoms with Gasteiger partial charge in [0.15, 0.2) is 35.7 Å². The largest absolute Gasteiger partial charge is 0.493 e. The second kappa shape index (κ2) is 14.0. The van der Waals surface area contributed by atoms with Crippen molar-refractivity contribution >= 4 is 21.8 Å². The SMILES string of the molecule is CCCCCCCCCCCCn1c(COc2c(OC)ccc3cc4[n+](cc23)CCc2cc3c(cc2-4)OCO3)nc2ccccc21. The first-order chi connectivity index (χ1) is 22.7. The lowest BCUT2D eigenvalue weighted by molar-refractivity contribution is -0.686. The standard InChI is InChI=1S/C39H46N3O4/c1-3-4-5-6-7-8-9-10-11-14-20-42-33-16-13-12-15-32(33)40-38(42)26-44-39-31-25-41-21-19-29-23-36-37(46-27-45-36)24-30(29)34(41)22-28(31)17-18-35(39)43-2/h12-13,15-18,22-25H,3-11,14,19-21,26-27H2,1-2H3/q+1. The number of rotatable bonds is 15. The summed E-state index contributed by atoms with van der Waals surface area (Å²) in [5, 5.41) is 2.14. The predicted molar refractivity (Wildman–Crippen MR) is 182 cm³/mol. The van der Waals surface area contributed by atoms with Crippen LogP contribution in [0.15, 0.2) is 60.8 Å². The summed E-state index contributed by atoms with van der Waals surface area (Å²) in [6, 6.07) is 19.1. The van der Waals surface area contributed by atoms with Crippen LogP contribution in [-0.2, 0) is 26.1 Å². The van der Waals surface area contributed by atoms with Crippen LogP contribution in [0.3, 0.4) is 0 Å². The molecule has 4 heterocycles. The first kappa shape index (κ1) is 30.4. The van der Waals surface area contributed by atoms with Crippen molar-refractivity contribution in [3.8, 4) is 34.3 Å². The summed E-state index contributed by atoms with van der Waals surface area (Å²) in [5.74, 6) is 4.08. The smallest absolute Gasteiger partial charge is 0.231 e. The number of para-hydroxylation sites is 2. The van der Waals surface area contributed by atoms with E-state index in [1.807, 2.05) is 6.07 Å². The van der Waals surface area contributed by atoms with Gasteiger partial charge in [0.25, 0.3) is 0 Å². The quantitative estimate of drug-likeness (QED) is 0.0864. The molecule has 0 saturated carbocycles. The normalized spacial score (nSPS) is 13.3. The minimum atomic E-state index is 0.281. The van der Waals surface area contributed by atoms with Crippen molar-refractivity contribution in [1.82, 2.24) is 9.55 Å². The van der Waals surface area contributed by atoms with Crippen LogP contribution in [0.25, 0.3) is 33.1 Å². The Bertz CT molecular complexity index is 1830. The summed E-state index contributed by atoms with van der Waals surface area (Å²) in [5.41, 5.74) is 5.83. The zero-order chi connectivity index (χ0) is 31.3. The van der Waals surface area contributed by atoms with Crippen LogP contribution in [0.4, 0.5) is 0 Å². The van der Waals surface area contributed by atoms with Gasteiger partial charge in [-0.2, -0.15) is 4.57 Å². The van der Waals surface area contributed by atoms with Gasteiger partial charge in [0, 0.05) is 19.0 Å². The summed E-state index contributed by atoms with van der Waals surface area (Å²) >= 11 is 0. The number of aromatic nitrogens is 3. The highest BCUT2D eigenvalue weighted by molar-refractivity contribution is 5.91. The number of hydrogen-bond acceptors (Lipinski definition) is 5. The molecule has 0 bridgehead atoms. The van der Waals surface area contributed by atoms with Gasteiger partial charge >= 0.3 is 0 Å². The number of fused-ring (bicyclic) bond motifs is 6. The molecule has 0 atom stereocenters. The monoisotopic (exact) mass is 620 g/mol. The van der Waals surface area contributed by atoms with E-state index >= 15 is 0 Å². The van der Waals surface area contributed by atoms with E-state index in [2.05, 4.69) is 70.8 Å². The zero-order valence-electron chi connectivity index (χ0n) is 27.4. The highest BCUT2D eigenvalue weighted by Gasteiger charge is 2.29. The number of methoxy groups -OCH3 is 1. The molecule has 0 spiro atoms. The van der Waals surface area contributed by atoms with Crippen molar-refractivity contribution in [2.75, 3.05) is 13.9 Å². The van der Waals surface area contributed by atoms with Gasteiger partial charge in [0.1, 0.15) is 12.4 Å². The summed E-state index contributed by atoms with van der Waals surface area (Å²) in [6.45, 7) is 4.76. The molecule has 46 heavy (non-hydrogen) atoms. The van der Waals surface area contributed by atoms with Gasteiger partial charge in [0.05, 0.1) is 29.1 Å². The van der Waals surface area contributed by atoms with Crippen LogP contribution < -0.4 is 23.5 Å². The topological polar surface area (TPSA) is 58.6 Å². The fourth-order valence-electron chi connectivity index (χ4n) is 7.09. The Morgan fingerprint density at radius 2 is 1.63 bits per heavy atom. The second-order valence-corrected chi connectivity index (χ2v) is 12.7. The molecule has 0 aliphatic carbocycles. The number of benzene rings is 3. The van der Waals surface area contributed by atoms with Gasteiger partial charge in [-0.25, -0.2) is 4.98 Å². The Morgan fingerprint density at radius 1 is 0.870 bits per heavy atom. The molecular weight excluding hydrogens is 574 g/mol. The maximum Gasteiger partial charge on any atom is 0.231 e. The molecule has 0 saturated heterocycles. The third-order valence-electron chi connectivity index (χ3n) is 9.61. The fraction of sp³-hybridized carbons (Fsp3) is 0.436. The van der Waals surface area contributed by atoms with Crippen LogP contribution >= 0.6 is 0 Å². The first-order valence-electron chi connectivity index (χ1n) is 17.3. The molecule has 5 aromatic rings. The number of aryl methyl sites for hydroxylation is 3. The highest BCUT2D eigenvalue weighted by atomic mass is 16.7. The van der Waals surface area contributed by atoms with Crippen molar-refractivity contribution in [1.29, 1.82) is 0 Å². The Labute approximate surface area is 272 Å². The molecule has 0 unspecified atom stereocenters. The van der Waals surface area contributed by atoms with Crippen molar-refractivity contribution in [3.63, 3.8) is 0 Å². The molecule has 0 radical (unpaired) electrons. The number of ether oxygens (including phenoxy) is 4. The molecule has 0 amide bonds. The Hall–Kier alpha value is -4.26. The van der Waals surface area contributed by atoms with Crippen LogP contribution in [0.1, 0.15) is 82.5 Å². The second-order valence-electron chi connectivity index (χ2n) is 12.7. The summed E-state index contributed by atoms with van der Waals surface area (Å²) in [4.78, 5) is 5.02. The van der Waals surface area contributed by atoms with Crippen LogP contribution in [-0.4, -0.2) is 23.5 Å². The third-order valence-corrected chi connectivity index (χ3v) is 9.61. The number of imidazole rings is 1. The molecule has 3 aromatic carbocycles. The minimum absolute atomic E-state index is 0.281. The molecule has 2 aliphatic heterocycles. The highest BCUT2D eigenvalue weighted by Crippen LogP contribution is 2.42. The lowest BCUT2D eigenvalue weighted by atomic mass is 9.95. The van der Waals surface area contributed by atoms with Crippen LogP contribution in [0.2, 0.25) is 0 Å². The summed E-state index contributed by atoms with van der Waals surface area (Å²) < 4.78 is 28.5. The van der Waals surface area contributed by atoms with Gasteiger partial charge in [0.2, 0.25) is 12.5 Å². The summed E-state index contributed by atoms with van der Waals surface area (Å²) in [6.07, 6.45) is 16.4. The van der Waals surface area contributed by atoms with Gasteiger partial charge in [-0.1, -0.05) is 76.8 Å². The molecular formula is C39H46N3O4+. The van der Waals surface area contributed by atoms with E-state index in [0.29, 0.717) is 6.61 Å². The van der Waals surface area contributed by atoms with E-state index < -0.39 is 0 Å². The van der Waals surface area contributed by atoms with Crippen molar-refractivity contribution < 1.29 is 23.5 Å². The molecule has 7 rings (SSSR count). The van der Waals surface area contributed by atoms with E-state index in [-0.39, 0.29) is 6.79 Å². The van der Waals surface area contributed by atoms with E-state index in [1.165, 1.54) is 80.1 Å². The molecule has 0 N–H and O–H groups in total. The van der Waals surface area contributed by atoms with E-state index in [9.17, 15) is 0 Å². The average molecular weight is 621 g/mol. The number of hydrogen-bond donors (Lipinski definition) is 0. The van der Waals surface area contributed by atoms with Crippen molar-refractivity contribution in [2.24, 2.45) is 0 Å². The van der Waals surface area contributed by atoms with Crippen molar-refractivity contribution in [2.45, 2.75) is 97.2 Å². The summed E-state index contributed by atoms with van der Waals surface area (Å²) in [7, 11) is 1.71.